The molecule has 1 fully saturated rings. The highest BCUT2D eigenvalue weighted by Crippen LogP contribution is 2.26. The smallest absolute Gasteiger partial charge is 0.339 e. The fraction of sp³-hybridized carbons (Fsp3) is 0.278. The monoisotopic (exact) mass is 345 g/mol. The highest BCUT2D eigenvalue weighted by atomic mass is 32.2. The third kappa shape index (κ3) is 3.28. The van der Waals surface area contributed by atoms with E-state index in [2.05, 4.69) is 0 Å². The van der Waals surface area contributed by atoms with Gasteiger partial charge in [0.25, 0.3) is 0 Å². The summed E-state index contributed by atoms with van der Waals surface area (Å²) in [6.07, 6.45) is 1.40. The van der Waals surface area contributed by atoms with E-state index in [9.17, 15) is 13.2 Å². The van der Waals surface area contributed by atoms with Gasteiger partial charge in [0.05, 0.1) is 0 Å². The molecule has 24 heavy (non-hydrogen) atoms. The minimum Gasteiger partial charge on any atom is -0.379 e. The lowest BCUT2D eigenvalue weighted by Crippen LogP contribution is -2.23. The number of rotatable bonds is 4. The van der Waals surface area contributed by atoms with E-state index >= 15 is 0 Å². The van der Waals surface area contributed by atoms with Crippen LogP contribution in [-0.4, -0.2) is 20.9 Å². The van der Waals surface area contributed by atoms with E-state index in [4.69, 9.17) is 4.18 Å². The Bertz CT molecular complexity index is 872. The van der Waals surface area contributed by atoms with Crippen molar-refractivity contribution < 1.29 is 17.4 Å². The van der Waals surface area contributed by atoms with E-state index in [1.54, 1.807) is 48.2 Å². The predicted molar refractivity (Wildman–Crippen MR) is 91.8 cm³/mol. The van der Waals surface area contributed by atoms with E-state index in [-0.39, 0.29) is 16.6 Å². The number of hydrogen-bond acceptors (Lipinski definition) is 4. The molecule has 3 rings (SSSR count). The molecule has 1 aliphatic rings. The Morgan fingerprint density at radius 1 is 1.04 bits per heavy atom. The van der Waals surface area contributed by atoms with Crippen LogP contribution < -0.4 is 9.08 Å². The minimum atomic E-state index is -3.89. The molecule has 0 unspecified atom stereocenters. The number of carbonyl (C=O) groups excluding carboxylic acids is 1. The van der Waals surface area contributed by atoms with Crippen molar-refractivity contribution in [3.8, 4) is 5.75 Å². The first-order valence-electron chi connectivity index (χ1n) is 7.79. The molecule has 0 atom stereocenters. The minimum absolute atomic E-state index is 0.0895. The Kier molecular flexibility index (Phi) is 4.32. The molecule has 0 N–H and O–H groups in total. The Morgan fingerprint density at radius 3 is 2.38 bits per heavy atom. The van der Waals surface area contributed by atoms with Gasteiger partial charge in [0.1, 0.15) is 10.6 Å². The molecule has 0 spiro atoms. The second kappa shape index (κ2) is 6.28. The van der Waals surface area contributed by atoms with Crippen LogP contribution in [0.4, 0.5) is 5.69 Å². The molecule has 6 heteroatoms. The Hall–Kier alpha value is -2.34. The summed E-state index contributed by atoms with van der Waals surface area (Å²) in [4.78, 5) is 13.6. The molecule has 0 radical (unpaired) electrons. The van der Waals surface area contributed by atoms with Crippen LogP contribution in [-0.2, 0) is 14.9 Å². The van der Waals surface area contributed by atoms with Crippen LogP contribution in [0.25, 0.3) is 0 Å². The molecule has 0 bridgehead atoms. The van der Waals surface area contributed by atoms with Gasteiger partial charge in [-0.3, -0.25) is 4.79 Å². The van der Waals surface area contributed by atoms with Gasteiger partial charge in [0.15, 0.2) is 0 Å². The van der Waals surface area contributed by atoms with Crippen LogP contribution >= 0.6 is 0 Å². The van der Waals surface area contributed by atoms with Crippen molar-refractivity contribution in [2.45, 2.75) is 31.6 Å². The molecule has 0 aromatic heterocycles. The SMILES string of the molecule is Cc1ccc(C)c(S(=O)(=O)Oc2ccc(N3CCCC3=O)cc2)c1. The van der Waals surface area contributed by atoms with Crippen molar-refractivity contribution in [2.24, 2.45) is 0 Å². The molecule has 2 aromatic rings. The van der Waals surface area contributed by atoms with E-state index in [1.807, 2.05) is 13.0 Å². The third-order valence-electron chi connectivity index (χ3n) is 4.04. The van der Waals surface area contributed by atoms with Crippen LogP contribution in [0.5, 0.6) is 5.75 Å². The van der Waals surface area contributed by atoms with E-state index in [0.717, 1.165) is 17.7 Å². The standard InChI is InChI=1S/C18H19NO4S/c1-13-5-6-14(2)17(12-13)24(21,22)23-16-9-7-15(8-10-16)19-11-3-4-18(19)20/h5-10,12H,3-4,11H2,1-2H3. The van der Waals surface area contributed by atoms with Gasteiger partial charge in [-0.05, 0) is 61.7 Å². The van der Waals surface area contributed by atoms with Gasteiger partial charge in [-0.25, -0.2) is 0 Å². The first-order valence-corrected chi connectivity index (χ1v) is 9.20. The molecule has 1 amide bonds. The molecule has 1 heterocycles. The van der Waals surface area contributed by atoms with Crippen LogP contribution in [0.3, 0.4) is 0 Å². The lowest BCUT2D eigenvalue weighted by molar-refractivity contribution is -0.117. The summed E-state index contributed by atoms with van der Waals surface area (Å²) < 4.78 is 30.2. The first-order chi connectivity index (χ1) is 11.4. The number of aryl methyl sites for hydroxylation is 2. The quantitative estimate of drug-likeness (QED) is 0.798. The number of hydrogen-bond donors (Lipinski definition) is 0. The fourth-order valence-electron chi connectivity index (χ4n) is 2.75. The van der Waals surface area contributed by atoms with Crippen molar-refractivity contribution in [1.82, 2.24) is 0 Å². The zero-order valence-electron chi connectivity index (χ0n) is 13.7. The molecule has 1 aliphatic heterocycles. The summed E-state index contributed by atoms with van der Waals surface area (Å²) in [7, 11) is -3.89. The lowest BCUT2D eigenvalue weighted by Gasteiger charge is -2.16. The summed E-state index contributed by atoms with van der Waals surface area (Å²) in [5, 5.41) is 0. The van der Waals surface area contributed by atoms with E-state index in [0.29, 0.717) is 18.5 Å². The zero-order chi connectivity index (χ0) is 17.3. The van der Waals surface area contributed by atoms with E-state index < -0.39 is 10.1 Å². The average Bonchev–Trinajstić information content (AvgIpc) is 2.96. The maximum Gasteiger partial charge on any atom is 0.339 e. The van der Waals surface area contributed by atoms with Gasteiger partial charge in [-0.1, -0.05) is 12.1 Å². The second-order valence-electron chi connectivity index (χ2n) is 5.95. The van der Waals surface area contributed by atoms with Gasteiger partial charge in [-0.2, -0.15) is 8.42 Å². The van der Waals surface area contributed by atoms with E-state index in [1.165, 1.54) is 0 Å². The largest absolute Gasteiger partial charge is 0.379 e. The topological polar surface area (TPSA) is 63.7 Å². The molecule has 1 saturated heterocycles. The van der Waals surface area contributed by atoms with Crippen LogP contribution in [0.1, 0.15) is 24.0 Å². The average molecular weight is 345 g/mol. The number of nitrogens with zero attached hydrogens (tertiary/aromatic N) is 1. The lowest BCUT2D eigenvalue weighted by atomic mass is 10.2. The summed E-state index contributed by atoms with van der Waals surface area (Å²) >= 11 is 0. The van der Waals surface area contributed by atoms with Crippen LogP contribution in [0.15, 0.2) is 47.4 Å². The number of benzene rings is 2. The Balaban J connectivity index is 1.83. The van der Waals surface area contributed by atoms with Gasteiger partial charge < -0.3 is 9.08 Å². The predicted octanol–water partition coefficient (Wildman–Crippen LogP) is 3.20. The van der Waals surface area contributed by atoms with Crippen molar-refractivity contribution >= 4 is 21.7 Å². The summed E-state index contributed by atoms with van der Waals surface area (Å²) in [5.41, 5.74) is 2.25. The molecule has 2 aromatic carbocycles. The molecular formula is C18H19NO4S. The van der Waals surface area contributed by atoms with Crippen molar-refractivity contribution in [3.63, 3.8) is 0 Å². The van der Waals surface area contributed by atoms with Gasteiger partial charge >= 0.3 is 10.1 Å². The van der Waals surface area contributed by atoms with Gasteiger partial charge in [0.2, 0.25) is 5.91 Å². The first kappa shape index (κ1) is 16.5. The molecule has 0 aliphatic carbocycles. The summed E-state index contributed by atoms with van der Waals surface area (Å²) in [6, 6.07) is 11.8. The van der Waals surface area contributed by atoms with Crippen molar-refractivity contribution in [1.29, 1.82) is 0 Å². The number of anilines is 1. The maximum atomic E-state index is 12.5. The Morgan fingerprint density at radius 2 is 1.75 bits per heavy atom. The Labute approximate surface area is 142 Å². The van der Waals surface area contributed by atoms with Crippen molar-refractivity contribution in [2.75, 3.05) is 11.4 Å². The van der Waals surface area contributed by atoms with Gasteiger partial charge in [-0.15, -0.1) is 0 Å². The fourth-order valence-corrected chi connectivity index (χ4v) is 4.00. The highest BCUT2D eigenvalue weighted by molar-refractivity contribution is 7.87. The number of amides is 1. The maximum absolute atomic E-state index is 12.5. The number of carbonyl (C=O) groups is 1. The summed E-state index contributed by atoms with van der Waals surface area (Å²) in [6.45, 7) is 4.26. The van der Waals surface area contributed by atoms with Gasteiger partial charge in [0, 0.05) is 18.7 Å². The van der Waals surface area contributed by atoms with Crippen LogP contribution in [0, 0.1) is 13.8 Å². The normalized spacial score (nSPS) is 14.9. The van der Waals surface area contributed by atoms with Crippen molar-refractivity contribution in [3.05, 3.63) is 53.6 Å². The molecule has 0 saturated carbocycles. The molecular weight excluding hydrogens is 326 g/mol. The highest BCUT2D eigenvalue weighted by Gasteiger charge is 2.23. The summed E-state index contributed by atoms with van der Waals surface area (Å²) in [5.74, 6) is 0.318. The van der Waals surface area contributed by atoms with Crippen LogP contribution in [0.2, 0.25) is 0 Å². The molecule has 126 valence electrons. The zero-order valence-corrected chi connectivity index (χ0v) is 14.5. The second-order valence-corrected chi connectivity index (χ2v) is 7.46. The third-order valence-corrected chi connectivity index (χ3v) is 5.43. The molecule has 5 nitrogen and oxygen atoms in total.